The number of anilines is 1. The molecule has 1 heterocycles. The van der Waals surface area contributed by atoms with Gasteiger partial charge < -0.3 is 10.6 Å². The fourth-order valence-corrected chi connectivity index (χ4v) is 5.88. The molecule has 10 nitrogen and oxygen atoms in total. The first kappa shape index (κ1) is 27.5. The van der Waals surface area contributed by atoms with Crippen LogP contribution in [0.3, 0.4) is 0 Å². The molecule has 194 valence electrons. The predicted octanol–water partition coefficient (Wildman–Crippen LogP) is 1.58. The van der Waals surface area contributed by atoms with Crippen molar-refractivity contribution >= 4 is 37.5 Å². The summed E-state index contributed by atoms with van der Waals surface area (Å²) in [5.41, 5.74) is 2.22. The molecule has 1 aliphatic rings. The molecule has 3 rings (SSSR count). The van der Waals surface area contributed by atoms with Crippen LogP contribution in [0, 0.1) is 5.92 Å². The fourth-order valence-electron chi connectivity index (χ4n) is 3.76. The number of sulfonamides is 2. The van der Waals surface area contributed by atoms with Gasteiger partial charge in [-0.15, -0.1) is 0 Å². The number of amides is 2. The van der Waals surface area contributed by atoms with Crippen molar-refractivity contribution in [2.24, 2.45) is 5.92 Å². The highest BCUT2D eigenvalue weighted by molar-refractivity contribution is 7.92. The molecule has 36 heavy (non-hydrogen) atoms. The molecule has 2 amide bonds. The average Bonchev–Trinajstić information content (AvgIpc) is 3.33. The third-order valence-electron chi connectivity index (χ3n) is 5.73. The van der Waals surface area contributed by atoms with E-state index in [1.165, 1.54) is 23.4 Å². The Labute approximate surface area is 211 Å². The molecular weight excluding hydrogens is 504 g/mol. The lowest BCUT2D eigenvalue weighted by Crippen LogP contribution is -2.32. The summed E-state index contributed by atoms with van der Waals surface area (Å²) < 4.78 is 52.7. The lowest BCUT2D eigenvalue weighted by molar-refractivity contribution is -0.120. The van der Waals surface area contributed by atoms with E-state index in [1.807, 2.05) is 12.1 Å². The normalized spacial score (nSPS) is 16.4. The average molecular weight is 535 g/mol. The van der Waals surface area contributed by atoms with Gasteiger partial charge >= 0.3 is 0 Å². The molecule has 0 aromatic heterocycles. The highest BCUT2D eigenvalue weighted by Gasteiger charge is 2.32. The second kappa shape index (κ2) is 11.8. The van der Waals surface area contributed by atoms with E-state index in [9.17, 15) is 26.4 Å². The summed E-state index contributed by atoms with van der Waals surface area (Å²) in [5, 5.41) is 6.32. The first-order chi connectivity index (χ1) is 17.0. The molecule has 0 saturated carbocycles. The molecule has 2 aromatic rings. The van der Waals surface area contributed by atoms with Crippen LogP contribution < -0.4 is 15.4 Å². The number of benzene rings is 2. The Morgan fingerprint density at radius 1 is 1.03 bits per heavy atom. The largest absolute Gasteiger partial charge is 0.352 e. The molecular formula is C24H30N4O6S2. The van der Waals surface area contributed by atoms with Gasteiger partial charge in [0.15, 0.2) is 0 Å². The Hall–Kier alpha value is -3.06. The van der Waals surface area contributed by atoms with Crippen LogP contribution in [0.2, 0.25) is 0 Å². The minimum Gasteiger partial charge on any atom is -0.352 e. The molecule has 12 heteroatoms. The Kier molecular flexibility index (Phi) is 9.01. The minimum absolute atomic E-state index is 0.0968. The van der Waals surface area contributed by atoms with Crippen molar-refractivity contribution in [2.75, 3.05) is 25.0 Å². The van der Waals surface area contributed by atoms with Gasteiger partial charge in [-0.05, 0) is 47.7 Å². The van der Waals surface area contributed by atoms with Gasteiger partial charge in [0.2, 0.25) is 31.9 Å². The summed E-state index contributed by atoms with van der Waals surface area (Å²) in [6.07, 6.45) is 0.645. The van der Waals surface area contributed by atoms with Gasteiger partial charge in [-0.25, -0.2) is 21.6 Å². The van der Waals surface area contributed by atoms with Crippen LogP contribution in [0.15, 0.2) is 65.4 Å². The summed E-state index contributed by atoms with van der Waals surface area (Å²) >= 11 is 0. The van der Waals surface area contributed by atoms with Crippen molar-refractivity contribution in [1.29, 1.82) is 0 Å². The van der Waals surface area contributed by atoms with E-state index in [4.69, 9.17) is 0 Å². The van der Waals surface area contributed by atoms with Crippen molar-refractivity contribution in [1.82, 2.24) is 14.3 Å². The van der Waals surface area contributed by atoms with Crippen LogP contribution >= 0.6 is 0 Å². The van der Waals surface area contributed by atoms with Crippen LogP contribution in [0.4, 0.5) is 5.69 Å². The summed E-state index contributed by atoms with van der Waals surface area (Å²) in [6.45, 7) is 5.66. The Balaban J connectivity index is 1.51. The van der Waals surface area contributed by atoms with Crippen LogP contribution in [0.25, 0.3) is 0 Å². The first-order valence-corrected chi connectivity index (χ1v) is 14.3. The quantitative estimate of drug-likeness (QED) is 0.400. The van der Waals surface area contributed by atoms with Gasteiger partial charge in [0.25, 0.3) is 0 Å². The molecule has 1 atom stereocenters. The number of carbonyl (C=O) groups is 2. The molecule has 1 saturated heterocycles. The number of nitrogens with zero attached hydrogens (tertiary/aromatic N) is 1. The molecule has 3 N–H and O–H groups in total. The number of hydrogen-bond acceptors (Lipinski definition) is 6. The Morgan fingerprint density at radius 2 is 1.67 bits per heavy atom. The zero-order chi connectivity index (χ0) is 26.3. The zero-order valence-corrected chi connectivity index (χ0v) is 21.6. The molecule has 0 spiro atoms. The Morgan fingerprint density at radius 3 is 2.28 bits per heavy atom. The molecule has 1 aliphatic heterocycles. The smallest absolute Gasteiger partial charge is 0.243 e. The van der Waals surface area contributed by atoms with E-state index in [2.05, 4.69) is 21.9 Å². The summed E-state index contributed by atoms with van der Waals surface area (Å²) in [6, 6.07) is 13.3. The first-order valence-electron chi connectivity index (χ1n) is 11.3. The lowest BCUT2D eigenvalue weighted by atomic mass is 10.1. The molecule has 0 bridgehead atoms. The van der Waals surface area contributed by atoms with E-state index in [0.29, 0.717) is 30.8 Å². The van der Waals surface area contributed by atoms with Crippen LogP contribution in [-0.2, 0) is 42.6 Å². The molecule has 1 fully saturated rings. The van der Waals surface area contributed by atoms with Gasteiger partial charge in [-0.3, -0.25) is 9.59 Å². The van der Waals surface area contributed by atoms with E-state index < -0.39 is 20.0 Å². The van der Waals surface area contributed by atoms with Gasteiger partial charge in [0.1, 0.15) is 0 Å². The van der Waals surface area contributed by atoms with Crippen LogP contribution in [0.5, 0.6) is 0 Å². The lowest BCUT2D eigenvalue weighted by Gasteiger charge is -2.17. The number of hydrogen-bond donors (Lipinski definition) is 3. The third kappa shape index (κ3) is 7.72. The maximum absolute atomic E-state index is 13.0. The summed E-state index contributed by atoms with van der Waals surface area (Å²) in [7, 11) is -7.28. The van der Waals surface area contributed by atoms with Crippen molar-refractivity contribution in [2.45, 2.75) is 31.2 Å². The number of nitrogens with one attached hydrogen (secondary N) is 3. The zero-order valence-electron chi connectivity index (χ0n) is 19.9. The topological polar surface area (TPSA) is 142 Å². The maximum atomic E-state index is 13.0. The van der Waals surface area contributed by atoms with Crippen LogP contribution in [0.1, 0.15) is 24.5 Å². The summed E-state index contributed by atoms with van der Waals surface area (Å²) in [4.78, 5) is 23.5. The third-order valence-corrected chi connectivity index (χ3v) is 8.62. The minimum atomic E-state index is -3.72. The van der Waals surface area contributed by atoms with E-state index in [1.54, 1.807) is 24.3 Å². The monoisotopic (exact) mass is 534 g/mol. The molecule has 0 unspecified atom stereocenters. The SMILES string of the molecule is C=CS(=O)(=O)NC[C@H]1CCN(S(=O)(=O)c2ccc(CC(=O)NCc3ccc(NC(C)=O)cc3)cc2)C1. The second-order valence-electron chi connectivity index (χ2n) is 8.55. The van der Waals surface area contributed by atoms with Crippen molar-refractivity contribution in [3.8, 4) is 0 Å². The highest BCUT2D eigenvalue weighted by Crippen LogP contribution is 2.24. The second-order valence-corrected chi connectivity index (χ2v) is 12.2. The van der Waals surface area contributed by atoms with Gasteiger partial charge in [-0.1, -0.05) is 30.8 Å². The van der Waals surface area contributed by atoms with E-state index in [0.717, 1.165) is 11.0 Å². The van der Waals surface area contributed by atoms with Gasteiger partial charge in [0.05, 0.1) is 11.3 Å². The summed E-state index contributed by atoms with van der Waals surface area (Å²) in [5.74, 6) is -0.492. The van der Waals surface area contributed by atoms with Gasteiger partial charge in [-0.2, -0.15) is 4.31 Å². The standard InChI is InChI=1S/C24H30N4O6S2/c1-3-35(31,32)26-16-21-12-13-28(17-21)36(33,34)23-10-6-19(7-11-23)14-24(30)25-15-20-4-8-22(9-5-20)27-18(2)29/h3-11,21,26H,1,12-17H2,2H3,(H,25,30)(H,27,29)/t21-/m1/s1. The van der Waals surface area contributed by atoms with Crippen molar-refractivity contribution in [3.05, 3.63) is 71.6 Å². The number of carbonyl (C=O) groups excluding carboxylic acids is 2. The van der Waals surface area contributed by atoms with Crippen LogP contribution in [-0.4, -0.2) is 52.6 Å². The van der Waals surface area contributed by atoms with Crippen molar-refractivity contribution in [3.63, 3.8) is 0 Å². The maximum Gasteiger partial charge on any atom is 0.243 e. The van der Waals surface area contributed by atoms with Crippen molar-refractivity contribution < 1.29 is 26.4 Å². The van der Waals surface area contributed by atoms with E-state index >= 15 is 0 Å². The highest BCUT2D eigenvalue weighted by atomic mass is 32.2. The molecule has 0 radical (unpaired) electrons. The Bertz CT molecular complexity index is 1310. The fraction of sp³-hybridized carbons (Fsp3) is 0.333. The molecule has 2 aromatic carbocycles. The van der Waals surface area contributed by atoms with E-state index in [-0.39, 0.29) is 42.1 Å². The number of rotatable bonds is 11. The van der Waals surface area contributed by atoms with Gasteiger partial charge in [0, 0.05) is 44.2 Å². The molecule has 0 aliphatic carbocycles. The predicted molar refractivity (Wildman–Crippen MR) is 137 cm³/mol.